The molecular formula is C14H21ClN2O2. The van der Waals surface area contributed by atoms with Gasteiger partial charge in [-0.05, 0) is 25.0 Å². The first-order valence-corrected chi connectivity index (χ1v) is 6.44. The standard InChI is InChI=1S/C14H20N2O2.ClH/c1-11-5-2-3-6-13(11)18-8-4-7-16-14(17)12-9-15-10-12;/h2-3,5-6,12,15H,4,7-10H2,1H3,(H,16,17);1H. The van der Waals surface area contributed by atoms with Crippen molar-refractivity contribution in [2.24, 2.45) is 5.92 Å². The maximum atomic E-state index is 11.5. The van der Waals surface area contributed by atoms with Crippen LogP contribution in [-0.4, -0.2) is 32.1 Å². The van der Waals surface area contributed by atoms with Crippen LogP contribution in [0.4, 0.5) is 0 Å². The third kappa shape index (κ3) is 4.73. The molecule has 1 fully saturated rings. The fourth-order valence-electron chi connectivity index (χ4n) is 1.80. The molecule has 1 aliphatic heterocycles. The zero-order valence-corrected chi connectivity index (χ0v) is 12.0. The molecule has 1 aromatic carbocycles. The molecule has 1 heterocycles. The molecule has 0 aliphatic carbocycles. The van der Waals surface area contributed by atoms with E-state index in [0.29, 0.717) is 13.2 Å². The number of carbonyl (C=O) groups excluding carboxylic acids is 1. The van der Waals surface area contributed by atoms with Gasteiger partial charge < -0.3 is 15.4 Å². The molecule has 0 saturated carbocycles. The van der Waals surface area contributed by atoms with Gasteiger partial charge in [-0.2, -0.15) is 0 Å². The van der Waals surface area contributed by atoms with Crippen LogP contribution in [0.25, 0.3) is 0 Å². The Labute approximate surface area is 120 Å². The Hall–Kier alpha value is -1.26. The lowest BCUT2D eigenvalue weighted by atomic mass is 10.0. The predicted molar refractivity (Wildman–Crippen MR) is 77.9 cm³/mol. The maximum absolute atomic E-state index is 11.5. The normalized spacial score (nSPS) is 14.2. The quantitative estimate of drug-likeness (QED) is 0.779. The SMILES string of the molecule is Cc1ccccc1OCCCNC(=O)C1CNC1.Cl. The van der Waals surface area contributed by atoms with E-state index in [9.17, 15) is 4.79 Å². The first-order chi connectivity index (χ1) is 8.77. The molecule has 0 atom stereocenters. The Kier molecular flexibility index (Phi) is 6.67. The van der Waals surface area contributed by atoms with Crippen LogP contribution in [0.3, 0.4) is 0 Å². The van der Waals surface area contributed by atoms with Crippen molar-refractivity contribution in [3.05, 3.63) is 29.8 Å². The highest BCUT2D eigenvalue weighted by atomic mass is 35.5. The van der Waals surface area contributed by atoms with Crippen LogP contribution in [0.2, 0.25) is 0 Å². The van der Waals surface area contributed by atoms with Gasteiger partial charge in [-0.15, -0.1) is 12.4 Å². The second-order valence-corrected chi connectivity index (χ2v) is 4.61. The minimum absolute atomic E-state index is 0. The van der Waals surface area contributed by atoms with Crippen LogP contribution in [0.15, 0.2) is 24.3 Å². The predicted octanol–water partition coefficient (Wildman–Crippen LogP) is 1.52. The highest BCUT2D eigenvalue weighted by Crippen LogP contribution is 2.15. The number of carbonyl (C=O) groups is 1. The molecule has 1 aromatic rings. The molecule has 2 N–H and O–H groups in total. The lowest BCUT2D eigenvalue weighted by Crippen LogP contribution is -2.50. The summed E-state index contributed by atoms with van der Waals surface area (Å²) < 4.78 is 5.66. The smallest absolute Gasteiger partial charge is 0.225 e. The van der Waals surface area contributed by atoms with Crippen LogP contribution in [0, 0.1) is 12.8 Å². The number of nitrogens with one attached hydrogen (secondary N) is 2. The first kappa shape index (κ1) is 15.8. The fraction of sp³-hybridized carbons (Fsp3) is 0.500. The molecule has 4 nitrogen and oxygen atoms in total. The summed E-state index contributed by atoms with van der Waals surface area (Å²) >= 11 is 0. The average molecular weight is 285 g/mol. The van der Waals surface area contributed by atoms with Crippen molar-refractivity contribution in [1.29, 1.82) is 0 Å². The van der Waals surface area contributed by atoms with Gasteiger partial charge in [0, 0.05) is 19.6 Å². The minimum Gasteiger partial charge on any atom is -0.493 e. The third-order valence-electron chi connectivity index (χ3n) is 3.12. The van der Waals surface area contributed by atoms with Crippen LogP contribution in [0.1, 0.15) is 12.0 Å². The number of aryl methyl sites for hydroxylation is 1. The molecule has 0 unspecified atom stereocenters. The van der Waals surface area contributed by atoms with E-state index in [0.717, 1.165) is 30.8 Å². The molecule has 0 radical (unpaired) electrons. The van der Waals surface area contributed by atoms with E-state index in [1.54, 1.807) is 0 Å². The highest BCUT2D eigenvalue weighted by Gasteiger charge is 2.23. The Balaban J connectivity index is 0.00000180. The minimum atomic E-state index is 0. The summed E-state index contributed by atoms with van der Waals surface area (Å²) in [6.07, 6.45) is 0.834. The van der Waals surface area contributed by atoms with Gasteiger partial charge in [0.05, 0.1) is 12.5 Å². The van der Waals surface area contributed by atoms with Crippen molar-refractivity contribution in [3.63, 3.8) is 0 Å². The van der Waals surface area contributed by atoms with Gasteiger partial charge in [-0.25, -0.2) is 0 Å². The van der Waals surface area contributed by atoms with Crippen LogP contribution >= 0.6 is 12.4 Å². The lowest BCUT2D eigenvalue weighted by molar-refractivity contribution is -0.126. The van der Waals surface area contributed by atoms with E-state index >= 15 is 0 Å². The molecule has 0 bridgehead atoms. The van der Waals surface area contributed by atoms with Crippen LogP contribution in [0.5, 0.6) is 5.75 Å². The summed E-state index contributed by atoms with van der Waals surface area (Å²) in [6, 6.07) is 7.96. The summed E-state index contributed by atoms with van der Waals surface area (Å²) in [5.41, 5.74) is 1.14. The molecule has 106 valence electrons. The summed E-state index contributed by atoms with van der Waals surface area (Å²) in [5.74, 6) is 1.25. The monoisotopic (exact) mass is 284 g/mol. The van der Waals surface area contributed by atoms with Gasteiger partial charge in [0.2, 0.25) is 5.91 Å². The largest absolute Gasteiger partial charge is 0.493 e. The van der Waals surface area contributed by atoms with E-state index in [-0.39, 0.29) is 24.2 Å². The van der Waals surface area contributed by atoms with Crippen molar-refractivity contribution >= 4 is 18.3 Å². The second-order valence-electron chi connectivity index (χ2n) is 4.61. The second kappa shape index (κ2) is 8.02. The molecule has 2 rings (SSSR count). The molecule has 0 aromatic heterocycles. The van der Waals surface area contributed by atoms with E-state index in [1.165, 1.54) is 0 Å². The van der Waals surface area contributed by atoms with E-state index < -0.39 is 0 Å². The molecule has 1 aliphatic rings. The number of hydrogen-bond donors (Lipinski definition) is 2. The zero-order chi connectivity index (χ0) is 12.8. The van der Waals surface area contributed by atoms with Crippen LogP contribution in [-0.2, 0) is 4.79 Å². The van der Waals surface area contributed by atoms with Gasteiger partial charge in [-0.3, -0.25) is 4.79 Å². The molecule has 19 heavy (non-hydrogen) atoms. The number of para-hydroxylation sites is 1. The number of halogens is 1. The summed E-state index contributed by atoms with van der Waals surface area (Å²) in [4.78, 5) is 11.5. The van der Waals surface area contributed by atoms with E-state index in [1.807, 2.05) is 31.2 Å². The van der Waals surface area contributed by atoms with Gasteiger partial charge in [0.25, 0.3) is 0 Å². The number of rotatable bonds is 6. The summed E-state index contributed by atoms with van der Waals surface area (Å²) in [6.45, 7) is 4.97. The summed E-state index contributed by atoms with van der Waals surface area (Å²) in [7, 11) is 0. The van der Waals surface area contributed by atoms with E-state index in [2.05, 4.69) is 10.6 Å². The maximum Gasteiger partial charge on any atom is 0.225 e. The van der Waals surface area contributed by atoms with E-state index in [4.69, 9.17) is 4.74 Å². The van der Waals surface area contributed by atoms with Crippen molar-refractivity contribution in [1.82, 2.24) is 10.6 Å². The van der Waals surface area contributed by atoms with Crippen LogP contribution < -0.4 is 15.4 Å². The van der Waals surface area contributed by atoms with Gasteiger partial charge >= 0.3 is 0 Å². The third-order valence-corrected chi connectivity index (χ3v) is 3.12. The number of amides is 1. The Morgan fingerprint density at radius 1 is 1.42 bits per heavy atom. The van der Waals surface area contributed by atoms with Crippen molar-refractivity contribution < 1.29 is 9.53 Å². The first-order valence-electron chi connectivity index (χ1n) is 6.44. The molecule has 1 saturated heterocycles. The fourth-order valence-corrected chi connectivity index (χ4v) is 1.80. The Bertz CT molecular complexity index is 408. The summed E-state index contributed by atoms with van der Waals surface area (Å²) in [5, 5.41) is 6.01. The molecule has 1 amide bonds. The highest BCUT2D eigenvalue weighted by molar-refractivity contribution is 5.85. The topological polar surface area (TPSA) is 50.4 Å². The molecule has 5 heteroatoms. The van der Waals surface area contributed by atoms with Gasteiger partial charge in [0.15, 0.2) is 0 Å². The molecule has 0 spiro atoms. The molecular weight excluding hydrogens is 264 g/mol. The number of ether oxygens (including phenoxy) is 1. The Morgan fingerprint density at radius 3 is 2.79 bits per heavy atom. The van der Waals surface area contributed by atoms with Gasteiger partial charge in [0.1, 0.15) is 5.75 Å². The Morgan fingerprint density at radius 2 is 2.16 bits per heavy atom. The zero-order valence-electron chi connectivity index (χ0n) is 11.1. The van der Waals surface area contributed by atoms with Crippen molar-refractivity contribution in [2.75, 3.05) is 26.2 Å². The van der Waals surface area contributed by atoms with Gasteiger partial charge in [-0.1, -0.05) is 18.2 Å². The number of benzene rings is 1. The lowest BCUT2D eigenvalue weighted by Gasteiger charge is -2.25. The van der Waals surface area contributed by atoms with Crippen molar-refractivity contribution in [2.45, 2.75) is 13.3 Å². The average Bonchev–Trinajstić information content (AvgIpc) is 2.28. The number of hydrogen-bond acceptors (Lipinski definition) is 3. The van der Waals surface area contributed by atoms with Crippen molar-refractivity contribution in [3.8, 4) is 5.75 Å².